The number of hydrazine groups is 1. The van der Waals surface area contributed by atoms with Gasteiger partial charge in [0, 0.05) is 9.86 Å². The molecule has 3 rings (SSSR count). The van der Waals surface area contributed by atoms with Crippen LogP contribution < -0.4 is 16.4 Å². The average molecular weight is 422 g/mol. The van der Waals surface area contributed by atoms with Crippen LogP contribution in [-0.2, 0) is 0 Å². The second-order valence-electron chi connectivity index (χ2n) is 4.98. The minimum atomic E-state index is -0.674. The summed E-state index contributed by atoms with van der Waals surface area (Å²) >= 11 is 9.22. The molecule has 2 aromatic carbocycles. The molecular formula is C16H10BrClN4O3. The summed E-state index contributed by atoms with van der Waals surface area (Å²) in [6.45, 7) is 0. The van der Waals surface area contributed by atoms with E-state index < -0.39 is 17.4 Å². The number of nitrogens with zero attached hydrogens (tertiary/aromatic N) is 1. The topological polar surface area (TPSA) is 104 Å². The smallest absolute Gasteiger partial charge is 0.267 e. The molecule has 0 bridgehead atoms. The van der Waals surface area contributed by atoms with Gasteiger partial charge in [0.15, 0.2) is 5.69 Å². The van der Waals surface area contributed by atoms with E-state index in [4.69, 9.17) is 11.6 Å². The lowest BCUT2D eigenvalue weighted by atomic mass is 10.1. The van der Waals surface area contributed by atoms with Gasteiger partial charge in [-0.3, -0.25) is 25.2 Å². The minimum Gasteiger partial charge on any atom is -0.267 e. The van der Waals surface area contributed by atoms with Crippen molar-refractivity contribution >= 4 is 50.1 Å². The van der Waals surface area contributed by atoms with E-state index >= 15 is 0 Å². The Hall–Kier alpha value is -2.71. The molecule has 0 unspecified atom stereocenters. The van der Waals surface area contributed by atoms with Crippen molar-refractivity contribution in [3.05, 3.63) is 73.6 Å². The zero-order valence-electron chi connectivity index (χ0n) is 12.5. The van der Waals surface area contributed by atoms with Crippen LogP contribution in [0.5, 0.6) is 0 Å². The molecule has 2 amide bonds. The van der Waals surface area contributed by atoms with E-state index in [9.17, 15) is 14.4 Å². The van der Waals surface area contributed by atoms with Crippen molar-refractivity contribution in [2.75, 3.05) is 0 Å². The predicted octanol–water partition coefficient (Wildman–Crippen LogP) is 2.41. The Morgan fingerprint density at radius 3 is 2.48 bits per heavy atom. The molecular weight excluding hydrogens is 412 g/mol. The highest BCUT2D eigenvalue weighted by Gasteiger charge is 2.16. The van der Waals surface area contributed by atoms with Gasteiger partial charge >= 0.3 is 0 Å². The Bertz CT molecular complexity index is 1050. The Morgan fingerprint density at radius 2 is 1.72 bits per heavy atom. The van der Waals surface area contributed by atoms with Crippen LogP contribution in [0, 0.1) is 0 Å². The number of halogens is 2. The van der Waals surface area contributed by atoms with Crippen molar-refractivity contribution in [2.24, 2.45) is 0 Å². The number of H-pyrrole nitrogens is 1. The van der Waals surface area contributed by atoms with Gasteiger partial charge in [0.25, 0.3) is 17.4 Å². The summed E-state index contributed by atoms with van der Waals surface area (Å²) in [5, 5.41) is 6.94. The van der Waals surface area contributed by atoms with Crippen molar-refractivity contribution in [2.45, 2.75) is 0 Å². The number of fused-ring (bicyclic) bond motifs is 1. The zero-order chi connectivity index (χ0) is 18.0. The molecule has 0 spiro atoms. The molecule has 126 valence electrons. The first-order chi connectivity index (χ1) is 12.0. The highest BCUT2D eigenvalue weighted by Crippen LogP contribution is 2.20. The van der Waals surface area contributed by atoms with Crippen LogP contribution in [-0.4, -0.2) is 22.0 Å². The van der Waals surface area contributed by atoms with Crippen molar-refractivity contribution in [1.29, 1.82) is 0 Å². The number of benzene rings is 2. The van der Waals surface area contributed by atoms with Gasteiger partial charge in [-0.1, -0.05) is 45.7 Å². The molecule has 7 nitrogen and oxygen atoms in total. The summed E-state index contributed by atoms with van der Waals surface area (Å²) in [4.78, 5) is 36.2. The molecule has 0 fully saturated rings. The maximum atomic E-state index is 12.3. The quantitative estimate of drug-likeness (QED) is 0.553. The second kappa shape index (κ2) is 7.04. The van der Waals surface area contributed by atoms with Gasteiger partial charge in [0.2, 0.25) is 0 Å². The van der Waals surface area contributed by atoms with E-state index in [1.807, 2.05) is 0 Å². The number of hydrogen-bond acceptors (Lipinski definition) is 4. The van der Waals surface area contributed by atoms with Crippen LogP contribution in [0.1, 0.15) is 20.8 Å². The molecule has 0 saturated heterocycles. The molecule has 3 aromatic rings. The normalized spacial score (nSPS) is 10.5. The number of nitrogens with one attached hydrogen (secondary N) is 3. The lowest BCUT2D eigenvalue weighted by Gasteiger charge is -2.09. The van der Waals surface area contributed by atoms with E-state index in [-0.39, 0.29) is 16.3 Å². The number of carbonyl (C=O) groups is 2. The number of amides is 2. The van der Waals surface area contributed by atoms with Gasteiger partial charge in [-0.15, -0.1) is 0 Å². The number of carbonyl (C=O) groups excluding carboxylic acids is 2. The standard InChI is InChI=1S/C16H10BrClN4O3/c17-8-5-6-12(18)11(7-8)15(24)21-22-16(25)13-9-3-1-2-4-10(9)14(23)20-19-13/h1-7H,(H,20,23)(H,21,24)(H,22,25). The van der Waals surface area contributed by atoms with Gasteiger partial charge in [0.05, 0.1) is 16.0 Å². The largest absolute Gasteiger partial charge is 0.290 e. The molecule has 3 N–H and O–H groups in total. The average Bonchev–Trinajstić information content (AvgIpc) is 2.62. The molecule has 0 aliphatic rings. The fourth-order valence-corrected chi connectivity index (χ4v) is 2.76. The van der Waals surface area contributed by atoms with E-state index in [2.05, 4.69) is 37.0 Å². The SMILES string of the molecule is O=C(NNC(=O)c1n[nH]c(=O)c2ccccc12)c1cc(Br)ccc1Cl. The highest BCUT2D eigenvalue weighted by atomic mass is 79.9. The lowest BCUT2D eigenvalue weighted by Crippen LogP contribution is -2.42. The van der Waals surface area contributed by atoms with Crippen LogP contribution >= 0.6 is 27.5 Å². The maximum absolute atomic E-state index is 12.3. The summed E-state index contributed by atoms with van der Waals surface area (Å²) in [5.74, 6) is -1.26. The lowest BCUT2D eigenvalue weighted by molar-refractivity contribution is 0.0844. The van der Waals surface area contributed by atoms with Gasteiger partial charge in [-0.2, -0.15) is 5.10 Å². The number of hydrogen-bond donors (Lipinski definition) is 3. The number of aromatic amines is 1. The van der Waals surface area contributed by atoms with E-state index in [0.717, 1.165) is 0 Å². The van der Waals surface area contributed by atoms with E-state index in [1.165, 1.54) is 6.07 Å². The Kier molecular flexibility index (Phi) is 4.82. The third-order valence-electron chi connectivity index (χ3n) is 3.37. The summed E-state index contributed by atoms with van der Waals surface area (Å²) in [5.41, 5.74) is 4.29. The number of rotatable bonds is 2. The van der Waals surface area contributed by atoms with Crippen molar-refractivity contribution in [3.63, 3.8) is 0 Å². The third-order valence-corrected chi connectivity index (χ3v) is 4.20. The summed E-state index contributed by atoms with van der Waals surface area (Å²) in [6.07, 6.45) is 0. The monoisotopic (exact) mass is 420 g/mol. The van der Waals surface area contributed by atoms with Crippen LogP contribution in [0.15, 0.2) is 51.7 Å². The Balaban J connectivity index is 1.82. The minimum absolute atomic E-state index is 0.0177. The van der Waals surface area contributed by atoms with Gasteiger partial charge in [0.1, 0.15) is 0 Å². The molecule has 0 aliphatic heterocycles. The summed E-state index contributed by atoms with van der Waals surface area (Å²) in [6, 6.07) is 11.3. The molecule has 0 radical (unpaired) electrons. The van der Waals surface area contributed by atoms with Gasteiger partial charge < -0.3 is 0 Å². The Labute approximate surface area is 154 Å². The molecule has 0 aliphatic carbocycles. The first kappa shape index (κ1) is 17.1. The summed E-state index contributed by atoms with van der Waals surface area (Å²) < 4.78 is 0.668. The first-order valence-electron chi connectivity index (χ1n) is 7.00. The summed E-state index contributed by atoms with van der Waals surface area (Å²) in [7, 11) is 0. The predicted molar refractivity (Wildman–Crippen MR) is 96.4 cm³/mol. The zero-order valence-corrected chi connectivity index (χ0v) is 14.8. The molecule has 9 heteroatoms. The van der Waals surface area contributed by atoms with Crippen LogP contribution in [0.4, 0.5) is 0 Å². The highest BCUT2D eigenvalue weighted by molar-refractivity contribution is 9.10. The van der Waals surface area contributed by atoms with Crippen LogP contribution in [0.25, 0.3) is 10.8 Å². The molecule has 1 heterocycles. The van der Waals surface area contributed by atoms with Gasteiger partial charge in [-0.05, 0) is 24.3 Å². The third kappa shape index (κ3) is 3.54. The second-order valence-corrected chi connectivity index (χ2v) is 6.30. The molecule has 0 saturated carbocycles. The van der Waals surface area contributed by atoms with Crippen molar-refractivity contribution in [3.8, 4) is 0 Å². The Morgan fingerprint density at radius 1 is 1.04 bits per heavy atom. The maximum Gasteiger partial charge on any atom is 0.290 e. The van der Waals surface area contributed by atoms with Gasteiger partial charge in [-0.25, -0.2) is 5.10 Å². The van der Waals surface area contributed by atoms with Crippen molar-refractivity contribution in [1.82, 2.24) is 21.0 Å². The fraction of sp³-hybridized carbons (Fsp3) is 0. The fourth-order valence-electron chi connectivity index (χ4n) is 2.20. The van der Waals surface area contributed by atoms with Crippen molar-refractivity contribution < 1.29 is 9.59 Å². The molecule has 1 aromatic heterocycles. The molecule has 25 heavy (non-hydrogen) atoms. The molecule has 0 atom stereocenters. The van der Waals surface area contributed by atoms with E-state index in [0.29, 0.717) is 15.2 Å². The van der Waals surface area contributed by atoms with E-state index in [1.54, 1.807) is 36.4 Å². The number of aromatic nitrogens is 2. The first-order valence-corrected chi connectivity index (χ1v) is 8.17. The van der Waals surface area contributed by atoms with Crippen LogP contribution in [0.2, 0.25) is 5.02 Å². The van der Waals surface area contributed by atoms with Crippen LogP contribution in [0.3, 0.4) is 0 Å².